The number of halogens is 2. The lowest BCUT2D eigenvalue weighted by Gasteiger charge is -2.27. The summed E-state index contributed by atoms with van der Waals surface area (Å²) in [6, 6.07) is 3.95. The minimum Gasteiger partial charge on any atom is -0.324 e. The molecule has 1 aromatic heterocycles. The van der Waals surface area contributed by atoms with Crippen molar-refractivity contribution in [2.75, 3.05) is 0 Å². The van der Waals surface area contributed by atoms with Crippen LogP contribution in [0.4, 0.5) is 0 Å². The third-order valence-corrected chi connectivity index (χ3v) is 3.52. The zero-order valence-electron chi connectivity index (χ0n) is 9.23. The molecule has 2 N–H and O–H groups in total. The van der Waals surface area contributed by atoms with E-state index in [4.69, 9.17) is 17.3 Å². The first-order valence-electron chi connectivity index (χ1n) is 5.64. The number of pyridine rings is 1. The van der Waals surface area contributed by atoms with Gasteiger partial charge >= 0.3 is 0 Å². The van der Waals surface area contributed by atoms with E-state index in [9.17, 15) is 0 Å². The van der Waals surface area contributed by atoms with Crippen molar-refractivity contribution >= 4 is 24.0 Å². The summed E-state index contributed by atoms with van der Waals surface area (Å²) < 4.78 is 0. The molecule has 0 radical (unpaired) electrons. The van der Waals surface area contributed by atoms with Crippen molar-refractivity contribution < 1.29 is 0 Å². The van der Waals surface area contributed by atoms with Crippen LogP contribution in [0.2, 0.25) is 5.15 Å². The molecule has 4 heteroatoms. The van der Waals surface area contributed by atoms with E-state index in [1.165, 1.54) is 32.1 Å². The molecular formula is C12H18Cl2N2. The Kier molecular flexibility index (Phi) is 5.53. The molecule has 1 aromatic rings. The summed E-state index contributed by atoms with van der Waals surface area (Å²) in [6.07, 6.45) is 8.32. The highest BCUT2D eigenvalue weighted by Crippen LogP contribution is 2.32. The van der Waals surface area contributed by atoms with Crippen LogP contribution in [0.3, 0.4) is 0 Å². The number of rotatable bonds is 2. The molecule has 0 aliphatic heterocycles. The Morgan fingerprint density at radius 1 is 1.25 bits per heavy atom. The van der Waals surface area contributed by atoms with Crippen LogP contribution in [0.1, 0.15) is 43.7 Å². The van der Waals surface area contributed by atoms with Crippen LogP contribution in [0, 0.1) is 5.92 Å². The molecule has 0 aromatic carbocycles. The first kappa shape index (κ1) is 13.8. The monoisotopic (exact) mass is 260 g/mol. The van der Waals surface area contributed by atoms with Gasteiger partial charge in [0.15, 0.2) is 0 Å². The minimum atomic E-state index is 0. The second-order valence-corrected chi connectivity index (χ2v) is 4.73. The van der Waals surface area contributed by atoms with Crippen LogP contribution in [-0.2, 0) is 0 Å². The smallest absolute Gasteiger partial charge is 0.129 e. The highest BCUT2D eigenvalue weighted by Gasteiger charge is 2.21. The van der Waals surface area contributed by atoms with Gasteiger partial charge < -0.3 is 5.73 Å². The fourth-order valence-electron chi connectivity index (χ4n) is 2.35. The van der Waals surface area contributed by atoms with Crippen LogP contribution >= 0.6 is 24.0 Å². The van der Waals surface area contributed by atoms with Crippen molar-refractivity contribution in [3.8, 4) is 0 Å². The zero-order valence-corrected chi connectivity index (χ0v) is 10.8. The molecule has 1 saturated carbocycles. The average Bonchev–Trinajstić information content (AvgIpc) is 2.30. The standard InChI is InChI=1S/C12H17ClN2.ClH/c13-11-7-6-10(8-15-11)12(14)9-4-2-1-3-5-9;/h6-9,12H,1-5,14H2;1H/t12-;/m1./s1. The fourth-order valence-corrected chi connectivity index (χ4v) is 2.46. The lowest BCUT2D eigenvalue weighted by Crippen LogP contribution is -2.23. The third-order valence-electron chi connectivity index (χ3n) is 3.29. The van der Waals surface area contributed by atoms with Crippen LogP contribution < -0.4 is 5.73 Å². The fraction of sp³-hybridized carbons (Fsp3) is 0.583. The van der Waals surface area contributed by atoms with Gasteiger partial charge in [-0.2, -0.15) is 0 Å². The number of hydrogen-bond donors (Lipinski definition) is 1. The molecule has 1 atom stereocenters. The van der Waals surface area contributed by atoms with E-state index in [2.05, 4.69) is 4.98 Å². The van der Waals surface area contributed by atoms with Crippen molar-refractivity contribution in [1.82, 2.24) is 4.98 Å². The van der Waals surface area contributed by atoms with Crippen molar-refractivity contribution in [1.29, 1.82) is 0 Å². The van der Waals surface area contributed by atoms with Gasteiger partial charge in [0.2, 0.25) is 0 Å². The minimum absolute atomic E-state index is 0. The lowest BCUT2D eigenvalue weighted by molar-refractivity contribution is 0.308. The highest BCUT2D eigenvalue weighted by molar-refractivity contribution is 6.29. The van der Waals surface area contributed by atoms with Gasteiger partial charge in [-0.3, -0.25) is 0 Å². The molecule has 16 heavy (non-hydrogen) atoms. The van der Waals surface area contributed by atoms with Crippen LogP contribution in [0.15, 0.2) is 18.3 Å². The van der Waals surface area contributed by atoms with Gasteiger partial charge in [-0.1, -0.05) is 36.9 Å². The molecule has 90 valence electrons. The van der Waals surface area contributed by atoms with Gasteiger partial charge in [0, 0.05) is 12.2 Å². The highest BCUT2D eigenvalue weighted by atomic mass is 35.5. The van der Waals surface area contributed by atoms with Gasteiger partial charge in [0.05, 0.1) is 0 Å². The van der Waals surface area contributed by atoms with Gasteiger partial charge in [-0.05, 0) is 30.4 Å². The Labute approximate surface area is 108 Å². The van der Waals surface area contributed by atoms with Crippen molar-refractivity contribution in [3.63, 3.8) is 0 Å². The maximum absolute atomic E-state index is 6.24. The van der Waals surface area contributed by atoms with Crippen molar-refractivity contribution in [2.45, 2.75) is 38.1 Å². The predicted molar refractivity (Wildman–Crippen MR) is 70.0 cm³/mol. The Bertz CT molecular complexity index is 307. The molecule has 1 fully saturated rings. The quantitative estimate of drug-likeness (QED) is 0.824. The van der Waals surface area contributed by atoms with E-state index in [0.717, 1.165) is 5.56 Å². The van der Waals surface area contributed by atoms with E-state index >= 15 is 0 Å². The molecular weight excluding hydrogens is 243 g/mol. The molecule has 0 amide bonds. The number of nitrogens with two attached hydrogens (primary N) is 1. The van der Waals surface area contributed by atoms with Gasteiger partial charge in [-0.15, -0.1) is 12.4 Å². The molecule has 0 spiro atoms. The predicted octanol–water partition coefficient (Wildman–Crippen LogP) is 3.74. The molecule has 2 nitrogen and oxygen atoms in total. The third kappa shape index (κ3) is 3.34. The van der Waals surface area contributed by atoms with Gasteiger partial charge in [0.25, 0.3) is 0 Å². The Morgan fingerprint density at radius 3 is 2.50 bits per heavy atom. The lowest BCUT2D eigenvalue weighted by atomic mass is 9.82. The van der Waals surface area contributed by atoms with E-state index in [1.807, 2.05) is 18.3 Å². The number of nitrogens with zero attached hydrogens (tertiary/aromatic N) is 1. The normalized spacial score (nSPS) is 18.9. The summed E-state index contributed by atoms with van der Waals surface area (Å²) in [4.78, 5) is 4.08. The molecule has 0 bridgehead atoms. The van der Waals surface area contributed by atoms with E-state index in [0.29, 0.717) is 11.1 Å². The molecule has 1 heterocycles. The van der Waals surface area contributed by atoms with Gasteiger partial charge in [0.1, 0.15) is 5.15 Å². The second kappa shape index (κ2) is 6.43. The summed E-state index contributed by atoms with van der Waals surface area (Å²) >= 11 is 5.75. The first-order valence-corrected chi connectivity index (χ1v) is 6.02. The summed E-state index contributed by atoms with van der Waals surface area (Å²) in [5, 5.41) is 0.537. The Morgan fingerprint density at radius 2 is 1.94 bits per heavy atom. The SMILES string of the molecule is Cl.N[C@@H](c1ccc(Cl)nc1)C1CCCCC1. The van der Waals surface area contributed by atoms with E-state index in [1.54, 1.807) is 0 Å². The maximum atomic E-state index is 6.24. The van der Waals surface area contributed by atoms with Crippen LogP contribution in [0.5, 0.6) is 0 Å². The molecule has 1 aliphatic carbocycles. The number of aromatic nitrogens is 1. The van der Waals surface area contributed by atoms with Crippen LogP contribution in [0.25, 0.3) is 0 Å². The Balaban J connectivity index is 0.00000128. The summed E-state index contributed by atoms with van der Waals surface area (Å²) in [5.41, 5.74) is 7.35. The maximum Gasteiger partial charge on any atom is 0.129 e. The first-order chi connectivity index (χ1) is 7.27. The molecule has 0 saturated heterocycles. The number of hydrogen-bond acceptors (Lipinski definition) is 2. The summed E-state index contributed by atoms with van der Waals surface area (Å²) in [6.45, 7) is 0. The van der Waals surface area contributed by atoms with Crippen molar-refractivity contribution in [2.24, 2.45) is 11.7 Å². The molecule has 2 rings (SSSR count). The second-order valence-electron chi connectivity index (χ2n) is 4.34. The Hall–Kier alpha value is -0.310. The van der Waals surface area contributed by atoms with Crippen LogP contribution in [-0.4, -0.2) is 4.98 Å². The summed E-state index contributed by atoms with van der Waals surface area (Å²) in [7, 11) is 0. The largest absolute Gasteiger partial charge is 0.324 e. The molecule has 1 aliphatic rings. The van der Waals surface area contributed by atoms with E-state index in [-0.39, 0.29) is 18.4 Å². The average molecular weight is 261 g/mol. The van der Waals surface area contributed by atoms with Crippen molar-refractivity contribution in [3.05, 3.63) is 29.0 Å². The van der Waals surface area contributed by atoms with E-state index < -0.39 is 0 Å². The zero-order chi connectivity index (χ0) is 10.7. The summed E-state index contributed by atoms with van der Waals surface area (Å²) in [5.74, 6) is 0.627. The van der Waals surface area contributed by atoms with Gasteiger partial charge in [-0.25, -0.2) is 4.98 Å². The topological polar surface area (TPSA) is 38.9 Å². The molecule has 0 unspecified atom stereocenters.